The summed E-state index contributed by atoms with van der Waals surface area (Å²) in [6.45, 7) is 6.92. The van der Waals surface area contributed by atoms with Gasteiger partial charge < -0.3 is 15.0 Å². The SMILES string of the molecule is Cc1cc([C@H](C)Nc2ccccc2)c2nc(N3CCOCC3)cc(=O)n2c1. The molecular weight excluding hydrogens is 340 g/mol. The third-order valence-corrected chi connectivity index (χ3v) is 4.87. The van der Waals surface area contributed by atoms with Crippen molar-refractivity contribution in [3.05, 3.63) is 70.1 Å². The lowest BCUT2D eigenvalue weighted by Gasteiger charge is -2.28. The lowest BCUT2D eigenvalue weighted by molar-refractivity contribution is 0.122. The van der Waals surface area contributed by atoms with Crippen molar-refractivity contribution in [2.75, 3.05) is 36.5 Å². The van der Waals surface area contributed by atoms with Gasteiger partial charge in [-0.1, -0.05) is 18.2 Å². The first-order valence-electron chi connectivity index (χ1n) is 9.30. The molecule has 1 fully saturated rings. The second-order valence-electron chi connectivity index (χ2n) is 6.95. The van der Waals surface area contributed by atoms with E-state index in [0.29, 0.717) is 18.9 Å². The third-order valence-electron chi connectivity index (χ3n) is 4.87. The summed E-state index contributed by atoms with van der Waals surface area (Å²) < 4.78 is 7.07. The molecule has 1 saturated heterocycles. The molecule has 1 aliphatic heterocycles. The summed E-state index contributed by atoms with van der Waals surface area (Å²) >= 11 is 0. The lowest BCUT2D eigenvalue weighted by Crippen LogP contribution is -2.37. The first-order valence-corrected chi connectivity index (χ1v) is 9.30. The number of rotatable bonds is 4. The van der Waals surface area contributed by atoms with E-state index in [1.807, 2.05) is 43.5 Å². The number of ether oxygens (including phenoxy) is 1. The van der Waals surface area contributed by atoms with Gasteiger partial charge >= 0.3 is 0 Å². The molecule has 2 aromatic heterocycles. The van der Waals surface area contributed by atoms with Gasteiger partial charge in [-0.25, -0.2) is 4.98 Å². The Morgan fingerprint density at radius 2 is 1.89 bits per heavy atom. The number of nitrogens with one attached hydrogen (secondary N) is 1. The number of para-hydroxylation sites is 1. The van der Waals surface area contributed by atoms with E-state index in [1.165, 1.54) is 0 Å². The van der Waals surface area contributed by atoms with Crippen LogP contribution in [0.4, 0.5) is 11.5 Å². The van der Waals surface area contributed by atoms with Crippen LogP contribution in [0.3, 0.4) is 0 Å². The largest absolute Gasteiger partial charge is 0.378 e. The average molecular weight is 364 g/mol. The molecule has 1 atom stereocenters. The van der Waals surface area contributed by atoms with Gasteiger partial charge in [0, 0.05) is 36.6 Å². The van der Waals surface area contributed by atoms with Crippen molar-refractivity contribution in [1.82, 2.24) is 9.38 Å². The number of aryl methyl sites for hydroxylation is 1. The zero-order valence-corrected chi connectivity index (χ0v) is 15.7. The van der Waals surface area contributed by atoms with Crippen molar-refractivity contribution in [2.45, 2.75) is 19.9 Å². The van der Waals surface area contributed by atoms with Gasteiger partial charge in [0.2, 0.25) is 0 Å². The van der Waals surface area contributed by atoms with E-state index in [1.54, 1.807) is 10.5 Å². The second kappa shape index (κ2) is 7.40. The minimum Gasteiger partial charge on any atom is -0.378 e. The molecule has 3 aromatic rings. The number of pyridine rings is 1. The Balaban J connectivity index is 1.78. The molecule has 6 heteroatoms. The zero-order valence-electron chi connectivity index (χ0n) is 15.7. The van der Waals surface area contributed by atoms with Gasteiger partial charge in [-0.05, 0) is 37.6 Å². The van der Waals surface area contributed by atoms with Crippen LogP contribution in [0.2, 0.25) is 0 Å². The molecular formula is C21H24N4O2. The Bertz CT molecular complexity index is 994. The maximum atomic E-state index is 12.8. The van der Waals surface area contributed by atoms with Crippen LogP contribution in [0.15, 0.2) is 53.5 Å². The fourth-order valence-electron chi connectivity index (χ4n) is 3.49. The molecule has 3 heterocycles. The van der Waals surface area contributed by atoms with Crippen molar-refractivity contribution in [3.8, 4) is 0 Å². The third kappa shape index (κ3) is 3.66. The Labute approximate surface area is 158 Å². The van der Waals surface area contributed by atoms with Gasteiger partial charge in [-0.3, -0.25) is 9.20 Å². The van der Waals surface area contributed by atoms with E-state index in [-0.39, 0.29) is 11.6 Å². The number of hydrogen-bond acceptors (Lipinski definition) is 5. The maximum absolute atomic E-state index is 12.8. The van der Waals surface area contributed by atoms with Gasteiger partial charge in [0.1, 0.15) is 11.5 Å². The topological polar surface area (TPSA) is 58.9 Å². The highest BCUT2D eigenvalue weighted by Gasteiger charge is 2.18. The fraction of sp³-hybridized carbons (Fsp3) is 0.333. The Hall–Kier alpha value is -2.86. The van der Waals surface area contributed by atoms with E-state index in [9.17, 15) is 4.79 Å². The Morgan fingerprint density at radius 3 is 2.63 bits per heavy atom. The summed E-state index contributed by atoms with van der Waals surface area (Å²) in [7, 11) is 0. The summed E-state index contributed by atoms with van der Waals surface area (Å²) in [4.78, 5) is 19.7. The second-order valence-corrected chi connectivity index (χ2v) is 6.95. The number of benzene rings is 1. The molecule has 0 aliphatic carbocycles. The van der Waals surface area contributed by atoms with Crippen LogP contribution in [0.25, 0.3) is 5.65 Å². The van der Waals surface area contributed by atoms with Crippen molar-refractivity contribution >= 4 is 17.2 Å². The van der Waals surface area contributed by atoms with Crippen LogP contribution in [0.1, 0.15) is 24.1 Å². The minimum atomic E-state index is -0.0571. The van der Waals surface area contributed by atoms with E-state index in [4.69, 9.17) is 9.72 Å². The van der Waals surface area contributed by atoms with Crippen LogP contribution >= 0.6 is 0 Å². The van der Waals surface area contributed by atoms with Gasteiger partial charge in [-0.2, -0.15) is 0 Å². The number of morpholine rings is 1. The van der Waals surface area contributed by atoms with Crippen LogP contribution < -0.4 is 15.8 Å². The highest BCUT2D eigenvalue weighted by molar-refractivity contribution is 5.58. The van der Waals surface area contributed by atoms with E-state index >= 15 is 0 Å². The quantitative estimate of drug-likeness (QED) is 0.771. The number of aromatic nitrogens is 2. The van der Waals surface area contributed by atoms with Crippen molar-refractivity contribution in [2.24, 2.45) is 0 Å². The van der Waals surface area contributed by atoms with Crippen molar-refractivity contribution in [1.29, 1.82) is 0 Å². The van der Waals surface area contributed by atoms with E-state index in [2.05, 4.69) is 23.2 Å². The standard InChI is InChI=1S/C21H24N4O2/c1-15-12-18(16(2)22-17-6-4-3-5-7-17)21-23-19(13-20(26)25(21)14-15)24-8-10-27-11-9-24/h3-7,12-14,16,22H,8-11H2,1-2H3/t16-/m0/s1. The van der Waals surface area contributed by atoms with Crippen molar-refractivity contribution in [3.63, 3.8) is 0 Å². The molecule has 1 aliphatic rings. The molecule has 140 valence electrons. The maximum Gasteiger partial charge on any atom is 0.259 e. The highest BCUT2D eigenvalue weighted by Crippen LogP contribution is 2.24. The molecule has 4 rings (SSSR count). The summed E-state index contributed by atoms with van der Waals surface area (Å²) in [6.07, 6.45) is 1.85. The molecule has 0 bridgehead atoms. The monoisotopic (exact) mass is 364 g/mol. The number of fused-ring (bicyclic) bond motifs is 1. The first kappa shape index (κ1) is 17.5. The molecule has 1 N–H and O–H groups in total. The molecule has 0 saturated carbocycles. The minimum absolute atomic E-state index is 0.00846. The van der Waals surface area contributed by atoms with Crippen LogP contribution in [0, 0.1) is 6.92 Å². The van der Waals surface area contributed by atoms with E-state index < -0.39 is 0 Å². The van der Waals surface area contributed by atoms with Gasteiger partial charge in [0.25, 0.3) is 5.56 Å². The molecule has 0 unspecified atom stereocenters. The predicted octanol–water partition coefficient (Wildman–Crippen LogP) is 3.01. The molecule has 6 nitrogen and oxygen atoms in total. The Morgan fingerprint density at radius 1 is 1.15 bits per heavy atom. The molecule has 1 aromatic carbocycles. The zero-order chi connectivity index (χ0) is 18.8. The molecule has 0 amide bonds. The number of hydrogen-bond donors (Lipinski definition) is 1. The summed E-state index contributed by atoms with van der Waals surface area (Å²) in [6, 6.07) is 13.8. The summed E-state index contributed by atoms with van der Waals surface area (Å²) in [5.41, 5.74) is 3.72. The lowest BCUT2D eigenvalue weighted by atomic mass is 10.1. The summed E-state index contributed by atoms with van der Waals surface area (Å²) in [5, 5.41) is 3.51. The number of nitrogens with zero attached hydrogens (tertiary/aromatic N) is 3. The molecule has 0 spiro atoms. The predicted molar refractivity (Wildman–Crippen MR) is 108 cm³/mol. The highest BCUT2D eigenvalue weighted by atomic mass is 16.5. The van der Waals surface area contributed by atoms with Gasteiger partial charge in [0.05, 0.1) is 19.3 Å². The normalized spacial score (nSPS) is 15.7. The van der Waals surface area contributed by atoms with Gasteiger partial charge in [0.15, 0.2) is 0 Å². The van der Waals surface area contributed by atoms with Crippen LogP contribution in [0.5, 0.6) is 0 Å². The molecule has 0 radical (unpaired) electrons. The van der Waals surface area contributed by atoms with E-state index in [0.717, 1.165) is 35.7 Å². The van der Waals surface area contributed by atoms with Crippen molar-refractivity contribution < 1.29 is 4.74 Å². The van der Waals surface area contributed by atoms with Crippen LogP contribution in [-0.4, -0.2) is 35.7 Å². The molecule has 27 heavy (non-hydrogen) atoms. The summed E-state index contributed by atoms with van der Waals surface area (Å²) in [5.74, 6) is 0.723. The first-order chi connectivity index (χ1) is 13.1. The fourth-order valence-corrected chi connectivity index (χ4v) is 3.49. The van der Waals surface area contributed by atoms with Gasteiger partial charge in [-0.15, -0.1) is 0 Å². The number of anilines is 2. The average Bonchev–Trinajstić information content (AvgIpc) is 2.69. The van der Waals surface area contributed by atoms with Crippen LogP contribution in [-0.2, 0) is 4.74 Å². The smallest absolute Gasteiger partial charge is 0.259 e. The Kier molecular flexibility index (Phi) is 4.81.